The molecule has 35 heavy (non-hydrogen) atoms. The van der Waals surface area contributed by atoms with Crippen LogP contribution >= 0.6 is 11.3 Å². The predicted octanol–water partition coefficient (Wildman–Crippen LogP) is 5.12. The fourth-order valence-corrected chi connectivity index (χ4v) is 5.89. The molecular weight excluding hydrogens is 464 g/mol. The summed E-state index contributed by atoms with van der Waals surface area (Å²) in [5.41, 5.74) is 1.77. The molecule has 1 aliphatic rings. The summed E-state index contributed by atoms with van der Waals surface area (Å²) in [6.45, 7) is 5.75. The maximum absolute atomic E-state index is 13.9. The number of thiophene rings is 1. The van der Waals surface area contributed by atoms with Crippen molar-refractivity contribution >= 4 is 35.2 Å². The number of aliphatic carboxylic acids is 1. The van der Waals surface area contributed by atoms with Gasteiger partial charge in [0.2, 0.25) is 5.78 Å². The molecule has 7 nitrogen and oxygen atoms in total. The maximum Gasteiger partial charge on any atom is 0.327 e. The number of urea groups is 1. The molecule has 182 valence electrons. The zero-order chi connectivity index (χ0) is 25.1. The lowest BCUT2D eigenvalue weighted by Crippen LogP contribution is -2.50. The van der Waals surface area contributed by atoms with Crippen molar-refractivity contribution in [2.75, 3.05) is 6.54 Å². The summed E-state index contributed by atoms with van der Waals surface area (Å²) in [4.78, 5) is 42.0. The Morgan fingerprint density at radius 3 is 2.43 bits per heavy atom. The van der Waals surface area contributed by atoms with E-state index in [9.17, 15) is 19.5 Å². The van der Waals surface area contributed by atoms with E-state index >= 15 is 0 Å². The molecule has 8 heteroatoms. The highest BCUT2D eigenvalue weighted by atomic mass is 32.1. The number of carboxylic acids is 1. The number of carboxylic acid groups (broad SMARTS) is 1. The van der Waals surface area contributed by atoms with E-state index in [1.807, 2.05) is 54.8 Å². The fraction of sp³-hybridized carbons (Fsp3) is 0.296. The summed E-state index contributed by atoms with van der Waals surface area (Å²) in [6.07, 6.45) is 3.59. The van der Waals surface area contributed by atoms with Crippen LogP contribution in [0.5, 0.6) is 0 Å². The molecule has 1 fully saturated rings. The second kappa shape index (κ2) is 10.3. The van der Waals surface area contributed by atoms with Gasteiger partial charge < -0.3 is 19.7 Å². The first-order valence-electron chi connectivity index (χ1n) is 11.5. The number of ketones is 1. The molecule has 3 aromatic rings. The Labute approximate surface area is 208 Å². The largest absolute Gasteiger partial charge is 0.480 e. The second-order valence-electron chi connectivity index (χ2n) is 8.58. The number of Topliss-reactive ketones (excluding diaryl/α,β-unsaturated/α-hetero) is 1. The third-order valence-electron chi connectivity index (χ3n) is 6.31. The van der Waals surface area contributed by atoms with E-state index in [0.29, 0.717) is 12.3 Å². The van der Waals surface area contributed by atoms with Crippen LogP contribution in [0, 0.1) is 19.8 Å². The Hall–Kier alpha value is -3.65. The minimum Gasteiger partial charge on any atom is -0.480 e. The van der Waals surface area contributed by atoms with Gasteiger partial charge in [-0.1, -0.05) is 42.5 Å². The molecule has 2 aromatic heterocycles. The highest BCUT2D eigenvalue weighted by Crippen LogP contribution is 2.47. The van der Waals surface area contributed by atoms with E-state index in [4.69, 9.17) is 4.42 Å². The molecule has 1 aromatic carbocycles. The Balaban J connectivity index is 1.91. The lowest BCUT2D eigenvalue weighted by atomic mass is 9.80. The van der Waals surface area contributed by atoms with E-state index in [1.54, 1.807) is 32.1 Å². The molecule has 2 amide bonds. The van der Waals surface area contributed by atoms with Crippen LogP contribution in [0.4, 0.5) is 4.79 Å². The number of benzene rings is 1. The smallest absolute Gasteiger partial charge is 0.327 e. The maximum atomic E-state index is 13.9. The van der Waals surface area contributed by atoms with Crippen molar-refractivity contribution < 1.29 is 23.9 Å². The number of rotatable bonds is 7. The quantitative estimate of drug-likeness (QED) is 0.446. The summed E-state index contributed by atoms with van der Waals surface area (Å²) < 4.78 is 5.67. The number of furan rings is 1. The van der Waals surface area contributed by atoms with Crippen molar-refractivity contribution in [1.29, 1.82) is 0 Å². The van der Waals surface area contributed by atoms with E-state index in [0.717, 1.165) is 16.0 Å². The number of nitrogens with zero attached hydrogens (tertiary/aromatic N) is 1. The van der Waals surface area contributed by atoms with Gasteiger partial charge in [-0.25, -0.2) is 9.59 Å². The Morgan fingerprint density at radius 2 is 1.86 bits per heavy atom. The molecule has 0 bridgehead atoms. The zero-order valence-corrected chi connectivity index (χ0v) is 20.6. The Bertz CT molecular complexity index is 1250. The minimum absolute atomic E-state index is 0.159. The van der Waals surface area contributed by atoms with E-state index < -0.39 is 35.9 Å². The molecule has 0 saturated carbocycles. The van der Waals surface area contributed by atoms with Crippen LogP contribution in [0.25, 0.3) is 6.08 Å². The normalized spacial score (nSPS) is 22.0. The van der Waals surface area contributed by atoms with Crippen molar-refractivity contribution in [1.82, 2.24) is 10.2 Å². The van der Waals surface area contributed by atoms with Gasteiger partial charge in [-0.15, -0.1) is 11.3 Å². The van der Waals surface area contributed by atoms with Gasteiger partial charge in [0.15, 0.2) is 5.76 Å². The van der Waals surface area contributed by atoms with Gasteiger partial charge in [0.1, 0.15) is 11.8 Å². The number of nitrogens with one attached hydrogen (secondary N) is 1. The van der Waals surface area contributed by atoms with E-state index in [1.165, 1.54) is 16.2 Å². The lowest BCUT2D eigenvalue weighted by molar-refractivity contribution is -0.141. The molecule has 1 aliphatic heterocycles. The highest BCUT2D eigenvalue weighted by molar-refractivity contribution is 7.10. The molecule has 4 unspecified atom stereocenters. The number of hydrogen-bond donors (Lipinski definition) is 2. The number of amides is 2. The molecule has 4 atom stereocenters. The standard InChI is InChI=1S/C27H28N2O5S/c1-4-28-27(33)29-19(12-11-18-8-6-5-7-9-18)21(24(30)20-13-10-17(3)34-20)22(23(29)26(31)32)25-16(2)14-15-35-25/h5-15,19,21-23H,4H2,1-3H3,(H,28,33)(H,31,32). The van der Waals surface area contributed by atoms with Gasteiger partial charge >= 0.3 is 12.0 Å². The lowest BCUT2D eigenvalue weighted by Gasteiger charge is -2.28. The van der Waals surface area contributed by atoms with Crippen LogP contribution in [0.1, 0.15) is 45.2 Å². The third kappa shape index (κ3) is 4.79. The molecule has 2 N–H and O–H groups in total. The van der Waals surface area contributed by atoms with Crippen molar-refractivity contribution in [2.45, 2.75) is 38.8 Å². The van der Waals surface area contributed by atoms with Crippen molar-refractivity contribution in [3.63, 3.8) is 0 Å². The van der Waals surface area contributed by atoms with Gasteiger partial charge in [-0.05, 0) is 55.5 Å². The summed E-state index contributed by atoms with van der Waals surface area (Å²) in [6, 6.07) is 12.2. The first-order chi connectivity index (χ1) is 16.8. The van der Waals surface area contributed by atoms with E-state index in [-0.39, 0.29) is 11.5 Å². The first kappa shape index (κ1) is 24.5. The summed E-state index contributed by atoms with van der Waals surface area (Å²) in [7, 11) is 0. The van der Waals surface area contributed by atoms with Crippen LogP contribution in [0.3, 0.4) is 0 Å². The van der Waals surface area contributed by atoms with Crippen molar-refractivity contribution in [2.24, 2.45) is 5.92 Å². The molecule has 0 radical (unpaired) electrons. The summed E-state index contributed by atoms with van der Waals surface area (Å²) >= 11 is 1.40. The van der Waals surface area contributed by atoms with Crippen LogP contribution in [-0.4, -0.2) is 46.4 Å². The third-order valence-corrected chi connectivity index (χ3v) is 7.43. The predicted molar refractivity (Wildman–Crippen MR) is 135 cm³/mol. The van der Waals surface area contributed by atoms with Crippen molar-refractivity contribution in [3.05, 3.63) is 87.5 Å². The fourth-order valence-electron chi connectivity index (χ4n) is 4.79. The molecule has 3 heterocycles. The topological polar surface area (TPSA) is 99.9 Å². The van der Waals surface area contributed by atoms with Gasteiger partial charge in [-0.2, -0.15) is 0 Å². The average molecular weight is 493 g/mol. The molecule has 1 saturated heterocycles. The summed E-state index contributed by atoms with van der Waals surface area (Å²) in [5.74, 6) is -2.32. The number of likely N-dealkylation sites (tertiary alicyclic amines) is 1. The SMILES string of the molecule is CCNC(=O)N1C(C=Cc2ccccc2)C(C(=O)c2ccc(C)o2)C(c2sccc2C)C1C(=O)O. The zero-order valence-electron chi connectivity index (χ0n) is 19.8. The molecular formula is C27H28N2O5S. The minimum atomic E-state index is -1.23. The van der Waals surface area contributed by atoms with Crippen molar-refractivity contribution in [3.8, 4) is 0 Å². The number of aryl methyl sites for hydroxylation is 2. The number of hydrogen-bond acceptors (Lipinski definition) is 5. The molecule has 0 spiro atoms. The molecule has 4 rings (SSSR count). The molecule has 0 aliphatic carbocycles. The van der Waals surface area contributed by atoms with Crippen LogP contribution in [0.15, 0.2) is 64.4 Å². The number of carbonyl (C=O) groups is 3. The van der Waals surface area contributed by atoms with Gasteiger partial charge in [0.05, 0.1) is 12.0 Å². The Kier molecular flexibility index (Phi) is 7.21. The highest BCUT2D eigenvalue weighted by Gasteiger charge is 2.57. The van der Waals surface area contributed by atoms with E-state index in [2.05, 4.69) is 5.32 Å². The average Bonchev–Trinajstić information content (AvgIpc) is 3.54. The van der Waals surface area contributed by atoms with Crippen LogP contribution < -0.4 is 5.32 Å². The first-order valence-corrected chi connectivity index (χ1v) is 12.4. The van der Waals surface area contributed by atoms with Gasteiger partial charge in [0, 0.05) is 17.3 Å². The Morgan fingerprint density at radius 1 is 1.11 bits per heavy atom. The number of carbonyl (C=O) groups excluding carboxylic acids is 2. The summed E-state index contributed by atoms with van der Waals surface area (Å²) in [5, 5.41) is 15.0. The van der Waals surface area contributed by atoms with Gasteiger partial charge in [-0.3, -0.25) is 4.79 Å². The monoisotopic (exact) mass is 492 g/mol. The van der Waals surface area contributed by atoms with Crippen LogP contribution in [-0.2, 0) is 4.79 Å². The second-order valence-corrected chi connectivity index (χ2v) is 9.53. The van der Waals surface area contributed by atoms with Crippen LogP contribution in [0.2, 0.25) is 0 Å². The van der Waals surface area contributed by atoms with Gasteiger partial charge in [0.25, 0.3) is 0 Å².